The monoisotopic (exact) mass is 159 g/mol. The standard InChI is InChI=1S/C8H17NO2/c1-5-7(2)9(3)6-8(10)11-4/h7H,5-6H2,1-4H3. The fourth-order valence-electron chi connectivity index (χ4n) is 0.736. The summed E-state index contributed by atoms with van der Waals surface area (Å²) < 4.78 is 4.53. The molecule has 0 heterocycles. The van der Waals surface area contributed by atoms with Crippen LogP contribution < -0.4 is 0 Å². The summed E-state index contributed by atoms with van der Waals surface area (Å²) in [5, 5.41) is 0. The van der Waals surface area contributed by atoms with E-state index in [9.17, 15) is 4.79 Å². The van der Waals surface area contributed by atoms with Gasteiger partial charge in [-0.1, -0.05) is 6.92 Å². The molecule has 66 valence electrons. The predicted octanol–water partition coefficient (Wildman–Crippen LogP) is 0.890. The first-order chi connectivity index (χ1) is 5.11. The first-order valence-corrected chi connectivity index (χ1v) is 3.88. The maximum Gasteiger partial charge on any atom is 0.319 e. The zero-order chi connectivity index (χ0) is 8.85. The molecule has 0 spiro atoms. The average Bonchev–Trinajstić information content (AvgIpc) is 2.02. The van der Waals surface area contributed by atoms with Gasteiger partial charge in [-0.15, -0.1) is 0 Å². The SMILES string of the molecule is CCC(C)N(C)CC(=O)OC. The molecular weight excluding hydrogens is 142 g/mol. The van der Waals surface area contributed by atoms with Gasteiger partial charge in [-0.3, -0.25) is 9.69 Å². The van der Waals surface area contributed by atoms with Crippen LogP contribution in [0.15, 0.2) is 0 Å². The van der Waals surface area contributed by atoms with Gasteiger partial charge in [-0.25, -0.2) is 0 Å². The number of hydrogen-bond acceptors (Lipinski definition) is 3. The Balaban J connectivity index is 3.67. The molecule has 1 atom stereocenters. The number of esters is 1. The van der Waals surface area contributed by atoms with Gasteiger partial charge in [0.15, 0.2) is 0 Å². The maximum absolute atomic E-state index is 10.8. The number of carbonyl (C=O) groups is 1. The summed E-state index contributed by atoms with van der Waals surface area (Å²) in [5.74, 6) is -0.173. The van der Waals surface area contributed by atoms with E-state index < -0.39 is 0 Å². The molecule has 3 nitrogen and oxygen atoms in total. The lowest BCUT2D eigenvalue weighted by atomic mass is 10.2. The van der Waals surface area contributed by atoms with Crippen molar-refractivity contribution in [1.29, 1.82) is 0 Å². The van der Waals surface area contributed by atoms with E-state index in [1.165, 1.54) is 7.11 Å². The molecular formula is C8H17NO2. The van der Waals surface area contributed by atoms with Crippen LogP contribution in [0.1, 0.15) is 20.3 Å². The van der Waals surface area contributed by atoms with Gasteiger partial charge >= 0.3 is 5.97 Å². The minimum atomic E-state index is -0.173. The van der Waals surface area contributed by atoms with Crippen molar-refractivity contribution < 1.29 is 9.53 Å². The smallest absolute Gasteiger partial charge is 0.319 e. The fraction of sp³-hybridized carbons (Fsp3) is 0.875. The third-order valence-electron chi connectivity index (χ3n) is 1.95. The van der Waals surface area contributed by atoms with Crippen molar-refractivity contribution >= 4 is 5.97 Å². The van der Waals surface area contributed by atoms with E-state index >= 15 is 0 Å². The first-order valence-electron chi connectivity index (χ1n) is 3.88. The second kappa shape index (κ2) is 5.13. The van der Waals surface area contributed by atoms with Crippen molar-refractivity contribution in [3.63, 3.8) is 0 Å². The summed E-state index contributed by atoms with van der Waals surface area (Å²) in [6.07, 6.45) is 1.05. The Bertz CT molecular complexity index is 125. The Morgan fingerprint density at radius 1 is 1.64 bits per heavy atom. The van der Waals surface area contributed by atoms with Crippen LogP contribution in [0.4, 0.5) is 0 Å². The van der Waals surface area contributed by atoms with E-state index in [-0.39, 0.29) is 5.97 Å². The first kappa shape index (κ1) is 10.4. The lowest BCUT2D eigenvalue weighted by Crippen LogP contribution is -2.33. The molecule has 0 aromatic heterocycles. The minimum Gasteiger partial charge on any atom is -0.468 e. The highest BCUT2D eigenvalue weighted by Crippen LogP contribution is 1.98. The van der Waals surface area contributed by atoms with Gasteiger partial charge in [-0.05, 0) is 20.4 Å². The van der Waals surface area contributed by atoms with Crippen molar-refractivity contribution in [2.75, 3.05) is 20.7 Å². The third-order valence-corrected chi connectivity index (χ3v) is 1.95. The molecule has 0 saturated heterocycles. The van der Waals surface area contributed by atoms with Gasteiger partial charge in [0, 0.05) is 6.04 Å². The van der Waals surface area contributed by atoms with Crippen LogP contribution in [-0.4, -0.2) is 37.6 Å². The molecule has 0 bridgehead atoms. The van der Waals surface area contributed by atoms with Gasteiger partial charge in [0.1, 0.15) is 0 Å². The van der Waals surface area contributed by atoms with Crippen molar-refractivity contribution in [1.82, 2.24) is 4.90 Å². The normalized spacial score (nSPS) is 13.2. The zero-order valence-corrected chi connectivity index (χ0v) is 7.76. The number of carbonyl (C=O) groups excluding carboxylic acids is 1. The summed E-state index contributed by atoms with van der Waals surface area (Å²) in [6.45, 7) is 4.56. The van der Waals surface area contributed by atoms with E-state index in [0.717, 1.165) is 6.42 Å². The van der Waals surface area contributed by atoms with Gasteiger partial charge < -0.3 is 4.74 Å². The van der Waals surface area contributed by atoms with Crippen molar-refractivity contribution in [2.45, 2.75) is 26.3 Å². The molecule has 0 radical (unpaired) electrons. The molecule has 11 heavy (non-hydrogen) atoms. The van der Waals surface area contributed by atoms with Crippen molar-refractivity contribution in [2.24, 2.45) is 0 Å². The Morgan fingerprint density at radius 2 is 2.18 bits per heavy atom. The van der Waals surface area contributed by atoms with E-state index in [0.29, 0.717) is 12.6 Å². The zero-order valence-electron chi connectivity index (χ0n) is 7.76. The molecule has 0 aliphatic carbocycles. The Kier molecular flexibility index (Phi) is 4.86. The number of ether oxygens (including phenoxy) is 1. The van der Waals surface area contributed by atoms with Crippen LogP contribution in [-0.2, 0) is 9.53 Å². The summed E-state index contributed by atoms with van der Waals surface area (Å²) in [7, 11) is 3.33. The summed E-state index contributed by atoms with van der Waals surface area (Å²) >= 11 is 0. The van der Waals surface area contributed by atoms with Gasteiger partial charge in [0.2, 0.25) is 0 Å². The molecule has 0 N–H and O–H groups in total. The summed E-state index contributed by atoms with van der Waals surface area (Å²) in [5.41, 5.74) is 0. The van der Waals surface area contributed by atoms with Crippen molar-refractivity contribution in [3.8, 4) is 0 Å². The van der Waals surface area contributed by atoms with Gasteiger partial charge in [0.25, 0.3) is 0 Å². The Labute approximate surface area is 68.3 Å². The molecule has 0 saturated carbocycles. The highest BCUT2D eigenvalue weighted by molar-refractivity contribution is 5.71. The molecule has 3 heteroatoms. The topological polar surface area (TPSA) is 29.5 Å². The molecule has 0 amide bonds. The number of hydrogen-bond donors (Lipinski definition) is 0. The molecule has 0 aromatic carbocycles. The second-order valence-corrected chi connectivity index (χ2v) is 2.75. The third kappa shape index (κ3) is 3.98. The van der Waals surface area contributed by atoms with Gasteiger partial charge in [0.05, 0.1) is 13.7 Å². The van der Waals surface area contributed by atoms with E-state index in [4.69, 9.17) is 0 Å². The van der Waals surface area contributed by atoms with Crippen molar-refractivity contribution in [3.05, 3.63) is 0 Å². The predicted molar refractivity (Wildman–Crippen MR) is 44.4 cm³/mol. The van der Waals surface area contributed by atoms with E-state index in [1.807, 2.05) is 11.9 Å². The summed E-state index contributed by atoms with van der Waals surface area (Å²) in [4.78, 5) is 12.8. The Hall–Kier alpha value is -0.570. The molecule has 0 aliphatic rings. The van der Waals surface area contributed by atoms with Crippen LogP contribution in [0.3, 0.4) is 0 Å². The van der Waals surface area contributed by atoms with E-state index in [2.05, 4.69) is 18.6 Å². The number of nitrogens with zero attached hydrogens (tertiary/aromatic N) is 1. The number of rotatable bonds is 4. The fourth-order valence-corrected chi connectivity index (χ4v) is 0.736. The molecule has 0 aliphatic heterocycles. The second-order valence-electron chi connectivity index (χ2n) is 2.75. The average molecular weight is 159 g/mol. The minimum absolute atomic E-state index is 0.173. The van der Waals surface area contributed by atoms with Crippen LogP contribution >= 0.6 is 0 Å². The summed E-state index contributed by atoms with van der Waals surface area (Å²) in [6, 6.07) is 0.439. The van der Waals surface area contributed by atoms with Crippen LogP contribution in [0, 0.1) is 0 Å². The van der Waals surface area contributed by atoms with E-state index in [1.54, 1.807) is 0 Å². The molecule has 0 fully saturated rings. The van der Waals surface area contributed by atoms with Gasteiger partial charge in [-0.2, -0.15) is 0 Å². The molecule has 0 rings (SSSR count). The highest BCUT2D eigenvalue weighted by atomic mass is 16.5. The molecule has 0 aromatic rings. The van der Waals surface area contributed by atoms with Crippen LogP contribution in [0.25, 0.3) is 0 Å². The van der Waals surface area contributed by atoms with Crippen LogP contribution in [0.2, 0.25) is 0 Å². The molecule has 1 unspecified atom stereocenters. The lowest BCUT2D eigenvalue weighted by Gasteiger charge is -2.21. The largest absolute Gasteiger partial charge is 0.468 e. The maximum atomic E-state index is 10.8. The number of methoxy groups -OCH3 is 1. The number of likely N-dealkylation sites (N-methyl/N-ethyl adjacent to an activating group) is 1. The van der Waals surface area contributed by atoms with Crippen LogP contribution in [0.5, 0.6) is 0 Å². The quantitative estimate of drug-likeness (QED) is 0.570. The lowest BCUT2D eigenvalue weighted by molar-refractivity contribution is -0.142. The Morgan fingerprint density at radius 3 is 2.55 bits per heavy atom. The highest BCUT2D eigenvalue weighted by Gasteiger charge is 2.10.